The van der Waals surface area contributed by atoms with Gasteiger partial charge in [0.1, 0.15) is 17.5 Å². The maximum absolute atomic E-state index is 5.14. The Morgan fingerprint density at radius 3 is 1.85 bits per heavy atom. The highest BCUT2D eigenvalue weighted by molar-refractivity contribution is 5.39. The van der Waals surface area contributed by atoms with Gasteiger partial charge in [-0.05, 0) is 19.1 Å². The zero-order valence-electron chi connectivity index (χ0n) is 8.33. The minimum atomic E-state index is 0.240. The molecule has 0 amide bonds. The van der Waals surface area contributed by atoms with E-state index in [1.54, 1.807) is 14.2 Å². The summed E-state index contributed by atoms with van der Waals surface area (Å²) in [4.78, 5) is 0. The molecule has 0 aliphatic rings. The second-order valence-corrected chi connectivity index (χ2v) is 3.05. The molecule has 0 aromatic heterocycles. The lowest BCUT2D eigenvalue weighted by Gasteiger charge is -2.08. The van der Waals surface area contributed by atoms with Gasteiger partial charge in [0, 0.05) is 11.6 Å². The first-order valence-corrected chi connectivity index (χ1v) is 4.23. The molecule has 13 heavy (non-hydrogen) atoms. The maximum Gasteiger partial charge on any atom is 0.123 e. The van der Waals surface area contributed by atoms with Gasteiger partial charge in [0.2, 0.25) is 0 Å². The van der Waals surface area contributed by atoms with Crippen molar-refractivity contribution in [1.29, 1.82) is 0 Å². The fourth-order valence-corrected chi connectivity index (χ4v) is 1.11. The fourth-order valence-electron chi connectivity index (χ4n) is 1.11. The van der Waals surface area contributed by atoms with Crippen molar-refractivity contribution in [3.05, 3.63) is 23.8 Å². The number of hydrogen-bond acceptors (Lipinski definition) is 2. The molecular weight excluding hydrogens is 166 g/mol. The third-order valence-electron chi connectivity index (χ3n) is 1.94. The molecule has 0 fully saturated rings. The Morgan fingerprint density at radius 1 is 1.08 bits per heavy atom. The number of rotatable bonds is 3. The molecule has 1 atom stereocenters. The highest BCUT2D eigenvalue weighted by atomic mass is 16.5. The zero-order chi connectivity index (χ0) is 9.84. The Morgan fingerprint density at radius 2 is 1.54 bits per heavy atom. The van der Waals surface area contributed by atoms with E-state index < -0.39 is 0 Å². The summed E-state index contributed by atoms with van der Waals surface area (Å²) in [5.41, 5.74) is 5.07. The molecule has 1 aromatic rings. The topological polar surface area (TPSA) is 46.1 Å². The standard InChI is InChI=1S/C10H15NO2/c1-7(11)8-4-9(12-2)6-10(5-8)13-3/h4-7H,11H2,1-3H3/p+1/t7-/m0/s1. The van der Waals surface area contributed by atoms with Gasteiger partial charge in [-0.25, -0.2) is 0 Å². The van der Waals surface area contributed by atoms with E-state index >= 15 is 0 Å². The molecule has 0 radical (unpaired) electrons. The summed E-state index contributed by atoms with van der Waals surface area (Å²) in [6.07, 6.45) is 0. The van der Waals surface area contributed by atoms with Crippen molar-refractivity contribution in [2.24, 2.45) is 0 Å². The Balaban J connectivity index is 3.07. The van der Waals surface area contributed by atoms with Crippen molar-refractivity contribution < 1.29 is 15.2 Å². The Labute approximate surface area is 78.5 Å². The number of quaternary nitrogens is 1. The number of ether oxygens (including phenoxy) is 2. The van der Waals surface area contributed by atoms with E-state index in [0.717, 1.165) is 17.1 Å². The zero-order valence-corrected chi connectivity index (χ0v) is 8.33. The maximum atomic E-state index is 5.14. The number of hydrogen-bond donors (Lipinski definition) is 1. The van der Waals surface area contributed by atoms with Crippen molar-refractivity contribution in [2.75, 3.05) is 14.2 Å². The predicted octanol–water partition coefficient (Wildman–Crippen LogP) is 1.01. The van der Waals surface area contributed by atoms with Gasteiger partial charge in [0.05, 0.1) is 14.2 Å². The largest absolute Gasteiger partial charge is 0.497 e. The molecule has 1 aromatic carbocycles. The summed E-state index contributed by atoms with van der Waals surface area (Å²) in [5, 5.41) is 0. The smallest absolute Gasteiger partial charge is 0.123 e. The van der Waals surface area contributed by atoms with Crippen molar-refractivity contribution in [2.45, 2.75) is 13.0 Å². The lowest BCUT2D eigenvalue weighted by atomic mass is 10.1. The van der Waals surface area contributed by atoms with Gasteiger partial charge in [-0.15, -0.1) is 0 Å². The Kier molecular flexibility index (Phi) is 3.14. The first-order valence-electron chi connectivity index (χ1n) is 4.23. The van der Waals surface area contributed by atoms with Crippen LogP contribution in [-0.2, 0) is 0 Å². The van der Waals surface area contributed by atoms with E-state index in [0.29, 0.717) is 0 Å². The quantitative estimate of drug-likeness (QED) is 0.758. The van der Waals surface area contributed by atoms with Crippen LogP contribution in [0.25, 0.3) is 0 Å². The van der Waals surface area contributed by atoms with Crippen LogP contribution in [0.5, 0.6) is 11.5 Å². The lowest BCUT2D eigenvalue weighted by Crippen LogP contribution is -2.51. The minimum Gasteiger partial charge on any atom is -0.497 e. The molecule has 72 valence electrons. The number of benzene rings is 1. The average molecular weight is 182 g/mol. The van der Waals surface area contributed by atoms with E-state index in [1.807, 2.05) is 25.1 Å². The SMILES string of the molecule is COc1cc(OC)cc([C@H](C)[NH3+])c1. The third kappa shape index (κ3) is 2.36. The van der Waals surface area contributed by atoms with Gasteiger partial charge in [0.25, 0.3) is 0 Å². The average Bonchev–Trinajstić information content (AvgIpc) is 2.16. The third-order valence-corrected chi connectivity index (χ3v) is 1.94. The van der Waals surface area contributed by atoms with Crippen molar-refractivity contribution in [1.82, 2.24) is 0 Å². The monoisotopic (exact) mass is 182 g/mol. The summed E-state index contributed by atoms with van der Waals surface area (Å²) in [6, 6.07) is 6.04. The first-order chi connectivity index (χ1) is 6.17. The van der Waals surface area contributed by atoms with E-state index in [4.69, 9.17) is 9.47 Å². The van der Waals surface area contributed by atoms with Gasteiger partial charge >= 0.3 is 0 Å². The molecule has 0 bridgehead atoms. The van der Waals surface area contributed by atoms with Gasteiger partial charge in [-0.3, -0.25) is 0 Å². The lowest BCUT2D eigenvalue weighted by molar-refractivity contribution is -0.420. The molecule has 3 nitrogen and oxygen atoms in total. The van der Waals surface area contributed by atoms with Crippen LogP contribution in [0.2, 0.25) is 0 Å². The second-order valence-electron chi connectivity index (χ2n) is 3.05. The Bertz CT molecular complexity index is 262. The van der Waals surface area contributed by atoms with Crippen LogP contribution < -0.4 is 15.2 Å². The van der Waals surface area contributed by atoms with E-state index in [1.165, 1.54) is 0 Å². The summed E-state index contributed by atoms with van der Waals surface area (Å²) in [7, 11) is 3.29. The van der Waals surface area contributed by atoms with Crippen molar-refractivity contribution >= 4 is 0 Å². The Hall–Kier alpha value is -1.22. The fraction of sp³-hybridized carbons (Fsp3) is 0.400. The summed E-state index contributed by atoms with van der Waals surface area (Å²) < 4.78 is 10.3. The molecule has 0 heterocycles. The van der Waals surface area contributed by atoms with Crippen LogP contribution >= 0.6 is 0 Å². The van der Waals surface area contributed by atoms with Crippen LogP contribution in [0.3, 0.4) is 0 Å². The summed E-state index contributed by atoms with van der Waals surface area (Å²) in [5.74, 6) is 1.62. The molecule has 3 heteroatoms. The van der Waals surface area contributed by atoms with Crippen molar-refractivity contribution in [3.8, 4) is 11.5 Å². The predicted molar refractivity (Wildman–Crippen MR) is 50.8 cm³/mol. The summed E-state index contributed by atoms with van der Waals surface area (Å²) in [6.45, 7) is 2.04. The highest BCUT2D eigenvalue weighted by Gasteiger charge is 2.06. The minimum absolute atomic E-state index is 0.240. The normalized spacial score (nSPS) is 12.3. The number of methoxy groups -OCH3 is 2. The van der Waals surface area contributed by atoms with E-state index in [2.05, 4.69) is 5.73 Å². The molecular formula is C10H16NO2+. The molecule has 0 aliphatic carbocycles. The van der Waals surface area contributed by atoms with Gasteiger partial charge in [0.15, 0.2) is 0 Å². The molecule has 0 saturated carbocycles. The van der Waals surface area contributed by atoms with Crippen LogP contribution in [0, 0.1) is 0 Å². The molecule has 1 rings (SSSR count). The van der Waals surface area contributed by atoms with Gasteiger partial charge in [-0.2, -0.15) is 0 Å². The highest BCUT2D eigenvalue weighted by Crippen LogP contribution is 2.24. The van der Waals surface area contributed by atoms with Crippen LogP contribution in [-0.4, -0.2) is 14.2 Å². The summed E-state index contributed by atoms with van der Waals surface area (Å²) >= 11 is 0. The van der Waals surface area contributed by atoms with Crippen LogP contribution in [0.1, 0.15) is 18.5 Å². The van der Waals surface area contributed by atoms with Crippen LogP contribution in [0.15, 0.2) is 18.2 Å². The first kappa shape index (κ1) is 9.86. The van der Waals surface area contributed by atoms with Crippen LogP contribution in [0.4, 0.5) is 0 Å². The van der Waals surface area contributed by atoms with Gasteiger partial charge < -0.3 is 15.2 Å². The van der Waals surface area contributed by atoms with E-state index in [9.17, 15) is 0 Å². The molecule has 3 N–H and O–H groups in total. The second kappa shape index (κ2) is 4.14. The molecule has 0 unspecified atom stereocenters. The molecule has 0 aliphatic heterocycles. The van der Waals surface area contributed by atoms with Crippen molar-refractivity contribution in [3.63, 3.8) is 0 Å². The van der Waals surface area contributed by atoms with E-state index in [-0.39, 0.29) is 6.04 Å². The molecule has 0 saturated heterocycles. The molecule has 0 spiro atoms. The van der Waals surface area contributed by atoms with Gasteiger partial charge in [-0.1, -0.05) is 0 Å².